The van der Waals surface area contributed by atoms with Crippen molar-refractivity contribution in [2.75, 3.05) is 33.9 Å². The van der Waals surface area contributed by atoms with Crippen LogP contribution in [0.3, 0.4) is 0 Å². The highest BCUT2D eigenvalue weighted by Gasteiger charge is 2.64. The second-order valence-electron chi connectivity index (χ2n) is 8.49. The van der Waals surface area contributed by atoms with Gasteiger partial charge in [0.05, 0.1) is 18.5 Å². The molecule has 4 bridgehead atoms. The van der Waals surface area contributed by atoms with Crippen molar-refractivity contribution in [1.29, 1.82) is 0 Å². The van der Waals surface area contributed by atoms with E-state index in [0.29, 0.717) is 18.4 Å². The predicted molar refractivity (Wildman–Crippen MR) is 106 cm³/mol. The van der Waals surface area contributed by atoms with Crippen molar-refractivity contribution in [3.8, 4) is 5.75 Å². The molecule has 1 aromatic rings. The number of fused-ring (bicyclic) bond motifs is 4. The second kappa shape index (κ2) is 6.42. The number of aliphatic imine (C=N–C) groups is 1. The third kappa shape index (κ3) is 2.34. The number of nitrogens with zero attached hydrogens (tertiary/aromatic N) is 2. The first-order chi connectivity index (χ1) is 13.6. The lowest BCUT2D eigenvalue weighted by Gasteiger charge is -2.58. The van der Waals surface area contributed by atoms with E-state index in [-0.39, 0.29) is 17.8 Å². The number of rotatable bonds is 4. The fourth-order valence-corrected chi connectivity index (χ4v) is 6.17. The third-order valence-electron chi connectivity index (χ3n) is 7.04. The fourth-order valence-electron chi connectivity index (χ4n) is 6.17. The van der Waals surface area contributed by atoms with Crippen LogP contribution >= 0.6 is 0 Å². The van der Waals surface area contributed by atoms with Gasteiger partial charge < -0.3 is 14.6 Å². The van der Waals surface area contributed by atoms with Gasteiger partial charge >= 0.3 is 5.97 Å². The number of methoxy groups -OCH3 is 2. The number of aromatic hydroxyl groups is 1. The summed E-state index contributed by atoms with van der Waals surface area (Å²) < 4.78 is 10.8. The number of carbonyl (C=O) groups excluding carboxylic acids is 1. The lowest BCUT2D eigenvalue weighted by atomic mass is 9.55. The summed E-state index contributed by atoms with van der Waals surface area (Å²) in [5.74, 6) is 0.853. The number of phenolic OH excluding ortho intramolecular Hbond substituents is 1. The van der Waals surface area contributed by atoms with Gasteiger partial charge in [-0.3, -0.25) is 14.7 Å². The molecule has 4 heterocycles. The topological polar surface area (TPSA) is 71.4 Å². The molecule has 0 spiro atoms. The zero-order valence-electron chi connectivity index (χ0n) is 16.4. The Morgan fingerprint density at radius 2 is 2.25 bits per heavy atom. The van der Waals surface area contributed by atoms with E-state index in [1.807, 2.05) is 6.07 Å². The smallest absolute Gasteiger partial charge is 0.319 e. The van der Waals surface area contributed by atoms with Gasteiger partial charge in [-0.15, -0.1) is 0 Å². The largest absolute Gasteiger partial charge is 0.508 e. The Labute approximate surface area is 164 Å². The fraction of sp³-hybridized carbons (Fsp3) is 0.545. The Hall–Kier alpha value is -2.18. The lowest BCUT2D eigenvalue weighted by Crippen LogP contribution is -2.67. The van der Waals surface area contributed by atoms with Crippen LogP contribution in [0.25, 0.3) is 5.57 Å². The van der Waals surface area contributed by atoms with Gasteiger partial charge in [-0.2, -0.15) is 0 Å². The molecular formula is C22H26N2O4. The summed E-state index contributed by atoms with van der Waals surface area (Å²) in [4.78, 5) is 20.8. The Kier molecular flexibility index (Phi) is 4.10. The van der Waals surface area contributed by atoms with Crippen molar-refractivity contribution in [2.24, 2.45) is 22.2 Å². The molecular weight excluding hydrogens is 356 g/mol. The Morgan fingerprint density at radius 3 is 3.04 bits per heavy atom. The first-order valence-electron chi connectivity index (χ1n) is 10.0. The van der Waals surface area contributed by atoms with Gasteiger partial charge in [0.2, 0.25) is 0 Å². The van der Waals surface area contributed by atoms with Gasteiger partial charge in [0.1, 0.15) is 11.2 Å². The van der Waals surface area contributed by atoms with E-state index in [1.165, 1.54) is 7.11 Å². The zero-order chi connectivity index (χ0) is 19.5. The minimum absolute atomic E-state index is 0.0653. The SMILES string of the molecule is COCCC1CC2CN3CC=C4C(=Nc5ccc(O)cc54)[C@@](C(=O)OC)(C2)C13. The first-order valence-corrected chi connectivity index (χ1v) is 10.0. The molecule has 6 rings (SSSR count). The summed E-state index contributed by atoms with van der Waals surface area (Å²) >= 11 is 0. The van der Waals surface area contributed by atoms with Gasteiger partial charge in [-0.05, 0) is 49.3 Å². The van der Waals surface area contributed by atoms with Crippen LogP contribution in [0.1, 0.15) is 24.8 Å². The average molecular weight is 382 g/mol. The van der Waals surface area contributed by atoms with Crippen LogP contribution in [0.2, 0.25) is 0 Å². The molecule has 1 aromatic carbocycles. The van der Waals surface area contributed by atoms with Gasteiger partial charge in [-0.1, -0.05) is 6.08 Å². The van der Waals surface area contributed by atoms with Crippen LogP contribution in [-0.4, -0.2) is 61.6 Å². The molecule has 6 heteroatoms. The van der Waals surface area contributed by atoms with Crippen LogP contribution in [0, 0.1) is 17.3 Å². The third-order valence-corrected chi connectivity index (χ3v) is 7.04. The summed E-state index contributed by atoms with van der Waals surface area (Å²) in [6.45, 7) is 2.49. The number of benzene rings is 1. The molecule has 4 aliphatic heterocycles. The van der Waals surface area contributed by atoms with Crippen molar-refractivity contribution < 1.29 is 19.4 Å². The summed E-state index contributed by atoms with van der Waals surface area (Å²) in [5.41, 5.74) is 2.80. The van der Waals surface area contributed by atoms with Gasteiger partial charge in [0, 0.05) is 44.0 Å². The average Bonchev–Trinajstić information content (AvgIpc) is 3.03. The van der Waals surface area contributed by atoms with Crippen molar-refractivity contribution in [2.45, 2.75) is 25.3 Å². The number of allylic oxidation sites excluding steroid dienone is 1. The quantitative estimate of drug-likeness (QED) is 0.811. The molecule has 4 unspecified atom stereocenters. The maximum Gasteiger partial charge on any atom is 0.319 e. The molecule has 5 aliphatic rings. The van der Waals surface area contributed by atoms with Crippen LogP contribution in [0.15, 0.2) is 29.3 Å². The van der Waals surface area contributed by atoms with E-state index >= 15 is 0 Å². The molecule has 0 radical (unpaired) electrons. The Morgan fingerprint density at radius 1 is 1.39 bits per heavy atom. The van der Waals surface area contributed by atoms with Crippen molar-refractivity contribution in [3.63, 3.8) is 0 Å². The Bertz CT molecular complexity index is 893. The molecule has 5 atom stereocenters. The monoisotopic (exact) mass is 382 g/mol. The molecule has 148 valence electrons. The predicted octanol–water partition coefficient (Wildman–Crippen LogP) is 2.78. The molecule has 28 heavy (non-hydrogen) atoms. The normalized spacial score (nSPS) is 34.8. The standard InChI is InChI=1S/C22H26N2O4/c1-27-8-6-14-9-13-11-22(21(26)28-2)19-16(5-7-24(12-13)20(14)22)17-10-15(25)3-4-18(17)23-19/h3-5,10,13-14,20,25H,6-9,11-12H2,1-2H3/t13?,14?,20?,22-/m0/s1. The highest BCUT2D eigenvalue weighted by atomic mass is 16.5. The first kappa shape index (κ1) is 17.9. The number of phenols is 1. The van der Waals surface area contributed by atoms with E-state index in [1.54, 1.807) is 19.2 Å². The second-order valence-corrected chi connectivity index (χ2v) is 8.49. The minimum Gasteiger partial charge on any atom is -0.508 e. The summed E-state index contributed by atoms with van der Waals surface area (Å²) in [6, 6.07) is 5.31. The summed E-state index contributed by atoms with van der Waals surface area (Å²) in [6.07, 6.45) is 5.02. The van der Waals surface area contributed by atoms with E-state index in [4.69, 9.17) is 14.5 Å². The van der Waals surface area contributed by atoms with Crippen molar-refractivity contribution >= 4 is 22.9 Å². The van der Waals surface area contributed by atoms with Crippen LogP contribution in [0.5, 0.6) is 5.75 Å². The van der Waals surface area contributed by atoms with Crippen molar-refractivity contribution in [1.82, 2.24) is 4.90 Å². The molecule has 0 amide bonds. The molecule has 1 N–H and O–H groups in total. The van der Waals surface area contributed by atoms with E-state index in [9.17, 15) is 9.90 Å². The number of esters is 1. The van der Waals surface area contributed by atoms with Gasteiger partial charge in [-0.25, -0.2) is 0 Å². The van der Waals surface area contributed by atoms with E-state index in [0.717, 1.165) is 54.9 Å². The number of carbonyl (C=O) groups is 1. The Balaban J connectivity index is 1.67. The maximum atomic E-state index is 13.4. The van der Waals surface area contributed by atoms with E-state index in [2.05, 4.69) is 11.0 Å². The molecule has 2 saturated heterocycles. The van der Waals surface area contributed by atoms with Crippen LogP contribution in [-0.2, 0) is 14.3 Å². The molecule has 3 fully saturated rings. The summed E-state index contributed by atoms with van der Waals surface area (Å²) in [7, 11) is 3.21. The van der Waals surface area contributed by atoms with Crippen LogP contribution in [0.4, 0.5) is 5.69 Å². The van der Waals surface area contributed by atoms with Gasteiger partial charge in [0.15, 0.2) is 0 Å². The highest BCUT2D eigenvalue weighted by molar-refractivity contribution is 6.36. The molecule has 0 aromatic heterocycles. The van der Waals surface area contributed by atoms with Crippen LogP contribution < -0.4 is 0 Å². The van der Waals surface area contributed by atoms with E-state index < -0.39 is 5.41 Å². The number of hydrogen-bond acceptors (Lipinski definition) is 6. The zero-order valence-corrected chi connectivity index (χ0v) is 16.4. The maximum absolute atomic E-state index is 13.4. The summed E-state index contributed by atoms with van der Waals surface area (Å²) in [5, 5.41) is 10.0. The molecule has 1 aliphatic carbocycles. The highest BCUT2D eigenvalue weighted by Crippen LogP contribution is 2.57. The number of ether oxygens (including phenoxy) is 2. The number of piperidine rings is 2. The molecule has 1 saturated carbocycles. The minimum atomic E-state index is -0.759. The van der Waals surface area contributed by atoms with Gasteiger partial charge in [0.25, 0.3) is 0 Å². The molecule has 6 nitrogen and oxygen atoms in total. The van der Waals surface area contributed by atoms with Crippen molar-refractivity contribution in [3.05, 3.63) is 29.8 Å². The number of hydrogen-bond donors (Lipinski definition) is 1. The lowest BCUT2D eigenvalue weighted by molar-refractivity contribution is -0.164.